The molecule has 3 aromatic rings. The molecule has 31 heavy (non-hydrogen) atoms. The van der Waals surface area contributed by atoms with Crippen molar-refractivity contribution in [2.24, 2.45) is 0 Å². The summed E-state index contributed by atoms with van der Waals surface area (Å²) in [6, 6.07) is 16.0. The molecule has 0 saturated heterocycles. The van der Waals surface area contributed by atoms with Gasteiger partial charge < -0.3 is 14.8 Å². The predicted octanol–water partition coefficient (Wildman–Crippen LogP) is 3.08. The SMILES string of the molecule is O=C(Cn1nc(-c2ccc3c(c2)OCCCO3)ccc1=O)NCCc1ccc(Cl)cc1. The minimum absolute atomic E-state index is 0.155. The number of aromatic nitrogens is 2. The van der Waals surface area contributed by atoms with Gasteiger partial charge in [0.1, 0.15) is 6.54 Å². The van der Waals surface area contributed by atoms with Gasteiger partial charge >= 0.3 is 0 Å². The predicted molar refractivity (Wildman–Crippen MR) is 118 cm³/mol. The highest BCUT2D eigenvalue weighted by atomic mass is 35.5. The van der Waals surface area contributed by atoms with Crippen molar-refractivity contribution in [2.75, 3.05) is 19.8 Å². The van der Waals surface area contributed by atoms with Crippen LogP contribution in [0.15, 0.2) is 59.4 Å². The average Bonchev–Trinajstić information content (AvgIpc) is 3.01. The molecule has 160 valence electrons. The van der Waals surface area contributed by atoms with Gasteiger partial charge in [0.15, 0.2) is 11.5 Å². The van der Waals surface area contributed by atoms with E-state index in [1.807, 2.05) is 42.5 Å². The molecule has 0 fully saturated rings. The molecule has 0 bridgehead atoms. The number of carbonyl (C=O) groups excluding carboxylic acids is 1. The van der Waals surface area contributed by atoms with E-state index in [1.165, 1.54) is 6.07 Å². The molecule has 0 aliphatic carbocycles. The first-order valence-electron chi connectivity index (χ1n) is 10.1. The Morgan fingerprint density at radius 3 is 2.61 bits per heavy atom. The minimum Gasteiger partial charge on any atom is -0.490 e. The first kappa shape index (κ1) is 20.9. The van der Waals surface area contributed by atoms with Gasteiger partial charge in [-0.1, -0.05) is 23.7 Å². The number of ether oxygens (including phenoxy) is 2. The van der Waals surface area contributed by atoms with E-state index in [1.54, 1.807) is 6.07 Å². The van der Waals surface area contributed by atoms with Gasteiger partial charge in [0, 0.05) is 29.6 Å². The summed E-state index contributed by atoms with van der Waals surface area (Å²) >= 11 is 5.88. The van der Waals surface area contributed by atoms with E-state index in [2.05, 4.69) is 10.4 Å². The van der Waals surface area contributed by atoms with Crippen LogP contribution >= 0.6 is 11.6 Å². The van der Waals surface area contributed by atoms with Crippen LogP contribution in [0.3, 0.4) is 0 Å². The normalized spacial score (nSPS) is 12.8. The van der Waals surface area contributed by atoms with Crippen molar-refractivity contribution in [3.05, 3.63) is 75.5 Å². The van der Waals surface area contributed by atoms with Gasteiger partial charge in [-0.3, -0.25) is 9.59 Å². The van der Waals surface area contributed by atoms with Gasteiger partial charge in [0.2, 0.25) is 5.91 Å². The number of nitrogens with zero attached hydrogens (tertiary/aromatic N) is 2. The van der Waals surface area contributed by atoms with E-state index in [9.17, 15) is 9.59 Å². The molecule has 1 amide bonds. The number of nitrogens with one attached hydrogen (secondary N) is 1. The third kappa shape index (κ3) is 5.44. The van der Waals surface area contributed by atoms with Gasteiger partial charge in [-0.05, 0) is 48.4 Å². The van der Waals surface area contributed by atoms with Crippen molar-refractivity contribution in [1.82, 2.24) is 15.1 Å². The fraction of sp³-hybridized carbons (Fsp3) is 0.261. The Morgan fingerprint density at radius 2 is 1.81 bits per heavy atom. The van der Waals surface area contributed by atoms with Crippen LogP contribution in [0.1, 0.15) is 12.0 Å². The quantitative estimate of drug-likeness (QED) is 0.638. The maximum atomic E-state index is 12.3. The largest absolute Gasteiger partial charge is 0.490 e. The molecule has 0 atom stereocenters. The van der Waals surface area contributed by atoms with E-state index in [0.29, 0.717) is 48.4 Å². The highest BCUT2D eigenvalue weighted by molar-refractivity contribution is 6.30. The molecule has 8 heteroatoms. The highest BCUT2D eigenvalue weighted by Crippen LogP contribution is 2.33. The molecular formula is C23H22ClN3O4. The van der Waals surface area contributed by atoms with Crippen LogP contribution in [0.25, 0.3) is 11.3 Å². The van der Waals surface area contributed by atoms with Gasteiger partial charge in [0.25, 0.3) is 5.56 Å². The number of hydrogen-bond acceptors (Lipinski definition) is 5. The van der Waals surface area contributed by atoms with Crippen molar-refractivity contribution in [1.29, 1.82) is 0 Å². The van der Waals surface area contributed by atoms with Crippen LogP contribution in [-0.4, -0.2) is 35.4 Å². The summed E-state index contributed by atoms with van der Waals surface area (Å²) in [5.41, 5.74) is 2.08. The molecule has 1 N–H and O–H groups in total. The average molecular weight is 440 g/mol. The smallest absolute Gasteiger partial charge is 0.267 e. The zero-order valence-electron chi connectivity index (χ0n) is 16.8. The zero-order valence-corrected chi connectivity index (χ0v) is 17.6. The van der Waals surface area contributed by atoms with Crippen molar-refractivity contribution in [3.63, 3.8) is 0 Å². The molecule has 1 aliphatic heterocycles. The van der Waals surface area contributed by atoms with Crippen LogP contribution < -0.4 is 20.3 Å². The molecule has 1 aromatic heterocycles. The Morgan fingerprint density at radius 1 is 1.03 bits per heavy atom. The standard InChI is InChI=1S/C23H22ClN3O4/c24-18-5-2-16(3-6-18)10-11-25-22(28)15-27-23(29)9-7-19(26-27)17-4-8-20-21(14-17)31-13-1-12-30-20/h2-9,14H,1,10-13,15H2,(H,25,28). The monoisotopic (exact) mass is 439 g/mol. The van der Waals surface area contributed by atoms with Crippen LogP contribution in [0.2, 0.25) is 5.02 Å². The summed E-state index contributed by atoms with van der Waals surface area (Å²) in [6.07, 6.45) is 1.49. The van der Waals surface area contributed by atoms with Gasteiger partial charge in [-0.15, -0.1) is 0 Å². The Labute approximate surface area is 184 Å². The van der Waals surface area contributed by atoms with E-state index < -0.39 is 0 Å². The molecule has 1 aliphatic rings. The minimum atomic E-state index is -0.342. The molecule has 4 rings (SSSR count). The molecule has 2 aromatic carbocycles. The van der Waals surface area contributed by atoms with Crippen LogP contribution in [-0.2, 0) is 17.8 Å². The number of benzene rings is 2. The lowest BCUT2D eigenvalue weighted by Crippen LogP contribution is -2.34. The number of halogens is 1. The summed E-state index contributed by atoms with van der Waals surface area (Å²) < 4.78 is 12.5. The van der Waals surface area contributed by atoms with Gasteiger partial charge in [-0.2, -0.15) is 5.10 Å². The van der Waals surface area contributed by atoms with Crippen molar-refractivity contribution in [2.45, 2.75) is 19.4 Å². The fourth-order valence-electron chi connectivity index (χ4n) is 3.23. The lowest BCUT2D eigenvalue weighted by Gasteiger charge is -2.11. The van der Waals surface area contributed by atoms with Crippen molar-refractivity contribution in [3.8, 4) is 22.8 Å². The van der Waals surface area contributed by atoms with E-state index in [0.717, 1.165) is 22.2 Å². The second-order valence-corrected chi connectivity index (χ2v) is 7.59. The Balaban J connectivity index is 1.42. The molecule has 0 spiro atoms. The van der Waals surface area contributed by atoms with Crippen LogP contribution in [0, 0.1) is 0 Å². The van der Waals surface area contributed by atoms with Crippen molar-refractivity contribution < 1.29 is 14.3 Å². The van der Waals surface area contributed by atoms with Crippen LogP contribution in [0.4, 0.5) is 0 Å². The summed E-state index contributed by atoms with van der Waals surface area (Å²) in [7, 11) is 0. The summed E-state index contributed by atoms with van der Waals surface area (Å²) in [5, 5.41) is 7.86. The van der Waals surface area contributed by atoms with Gasteiger partial charge in [0.05, 0.1) is 18.9 Å². The lowest BCUT2D eigenvalue weighted by molar-refractivity contribution is -0.121. The number of fused-ring (bicyclic) bond motifs is 1. The summed E-state index contributed by atoms with van der Waals surface area (Å²) in [6.45, 7) is 1.50. The van der Waals surface area contributed by atoms with Crippen LogP contribution in [0.5, 0.6) is 11.5 Å². The Hall–Kier alpha value is -3.32. The van der Waals surface area contributed by atoms with Crippen molar-refractivity contribution >= 4 is 17.5 Å². The van der Waals surface area contributed by atoms with Gasteiger partial charge in [-0.25, -0.2) is 4.68 Å². The molecule has 0 saturated carbocycles. The summed E-state index contributed by atoms with van der Waals surface area (Å²) in [4.78, 5) is 24.5. The molecular weight excluding hydrogens is 418 g/mol. The second-order valence-electron chi connectivity index (χ2n) is 7.15. The second kappa shape index (κ2) is 9.66. The van der Waals surface area contributed by atoms with E-state index in [4.69, 9.17) is 21.1 Å². The lowest BCUT2D eigenvalue weighted by atomic mass is 10.1. The highest BCUT2D eigenvalue weighted by Gasteiger charge is 2.13. The number of carbonyl (C=O) groups is 1. The number of rotatable bonds is 6. The topological polar surface area (TPSA) is 82.5 Å². The maximum absolute atomic E-state index is 12.3. The van der Waals surface area contributed by atoms with E-state index >= 15 is 0 Å². The number of amides is 1. The first-order chi connectivity index (χ1) is 15.1. The third-order valence-corrected chi connectivity index (χ3v) is 5.10. The maximum Gasteiger partial charge on any atom is 0.267 e. The first-order valence-corrected chi connectivity index (χ1v) is 10.5. The zero-order chi connectivity index (χ0) is 21.6. The number of hydrogen-bond donors (Lipinski definition) is 1. The Kier molecular flexibility index (Phi) is 6.52. The molecule has 0 radical (unpaired) electrons. The molecule has 7 nitrogen and oxygen atoms in total. The third-order valence-electron chi connectivity index (χ3n) is 4.85. The summed E-state index contributed by atoms with van der Waals surface area (Å²) in [5.74, 6) is 1.06. The fourth-order valence-corrected chi connectivity index (χ4v) is 3.35. The molecule has 0 unspecified atom stereocenters. The molecule has 2 heterocycles. The van der Waals surface area contributed by atoms with E-state index in [-0.39, 0.29) is 18.0 Å². The Bertz CT molecular complexity index is 1130.